The van der Waals surface area contributed by atoms with Crippen LogP contribution in [-0.4, -0.2) is 22.4 Å². The summed E-state index contributed by atoms with van der Waals surface area (Å²) in [7, 11) is 0. The normalized spacial score (nSPS) is 10.3. The standard InChI is InChI=1S/C19H17N3O/c23-19(21-13-11-17-8-4-5-12-20-17)18-10-9-16(14-22-18)15-6-2-1-3-7-15/h1-10,12,14H,11,13H2,(H,21,23). The van der Waals surface area contributed by atoms with Crippen molar-refractivity contribution in [3.05, 3.63) is 84.4 Å². The number of hydrogen-bond acceptors (Lipinski definition) is 3. The van der Waals surface area contributed by atoms with E-state index in [1.807, 2.05) is 54.6 Å². The van der Waals surface area contributed by atoms with Crippen LogP contribution in [0.2, 0.25) is 0 Å². The highest BCUT2D eigenvalue weighted by molar-refractivity contribution is 5.92. The minimum absolute atomic E-state index is 0.166. The van der Waals surface area contributed by atoms with Gasteiger partial charge < -0.3 is 5.32 Å². The number of aromatic nitrogens is 2. The van der Waals surface area contributed by atoms with Gasteiger partial charge in [-0.05, 0) is 23.8 Å². The van der Waals surface area contributed by atoms with Gasteiger partial charge in [0.15, 0.2) is 0 Å². The van der Waals surface area contributed by atoms with Crippen LogP contribution in [-0.2, 0) is 6.42 Å². The maximum Gasteiger partial charge on any atom is 0.269 e. The van der Waals surface area contributed by atoms with Crippen molar-refractivity contribution in [2.75, 3.05) is 6.54 Å². The molecule has 0 saturated heterocycles. The van der Waals surface area contributed by atoms with Crippen molar-refractivity contribution in [3.8, 4) is 11.1 Å². The number of rotatable bonds is 5. The number of pyridine rings is 2. The molecule has 3 aromatic rings. The lowest BCUT2D eigenvalue weighted by molar-refractivity contribution is 0.0949. The fraction of sp³-hybridized carbons (Fsp3) is 0.105. The van der Waals surface area contributed by atoms with Crippen molar-refractivity contribution in [2.45, 2.75) is 6.42 Å². The minimum atomic E-state index is -0.166. The van der Waals surface area contributed by atoms with Gasteiger partial charge in [0.25, 0.3) is 5.91 Å². The molecule has 4 nitrogen and oxygen atoms in total. The Hall–Kier alpha value is -3.01. The third-order valence-corrected chi connectivity index (χ3v) is 3.50. The maximum absolute atomic E-state index is 12.1. The molecule has 114 valence electrons. The molecule has 1 aromatic carbocycles. The second-order valence-corrected chi connectivity index (χ2v) is 5.13. The predicted molar refractivity (Wildman–Crippen MR) is 89.9 cm³/mol. The summed E-state index contributed by atoms with van der Waals surface area (Å²) in [6.45, 7) is 0.540. The third kappa shape index (κ3) is 4.01. The van der Waals surface area contributed by atoms with E-state index in [0.717, 1.165) is 16.8 Å². The van der Waals surface area contributed by atoms with E-state index in [2.05, 4.69) is 15.3 Å². The number of hydrogen-bond donors (Lipinski definition) is 1. The third-order valence-electron chi connectivity index (χ3n) is 3.50. The second kappa shape index (κ2) is 7.31. The Morgan fingerprint density at radius 2 is 1.70 bits per heavy atom. The second-order valence-electron chi connectivity index (χ2n) is 5.13. The Morgan fingerprint density at radius 3 is 2.39 bits per heavy atom. The zero-order valence-corrected chi connectivity index (χ0v) is 12.6. The Kier molecular flexibility index (Phi) is 4.74. The Labute approximate surface area is 135 Å². The molecule has 0 saturated carbocycles. The molecule has 2 aromatic heterocycles. The summed E-state index contributed by atoms with van der Waals surface area (Å²) in [5.74, 6) is -0.166. The van der Waals surface area contributed by atoms with E-state index in [1.54, 1.807) is 18.5 Å². The van der Waals surface area contributed by atoms with Crippen LogP contribution in [0.25, 0.3) is 11.1 Å². The van der Waals surface area contributed by atoms with Gasteiger partial charge >= 0.3 is 0 Å². The molecule has 0 unspecified atom stereocenters. The van der Waals surface area contributed by atoms with Crippen LogP contribution in [0.3, 0.4) is 0 Å². The molecule has 1 amide bonds. The van der Waals surface area contributed by atoms with Gasteiger partial charge in [-0.3, -0.25) is 14.8 Å². The van der Waals surface area contributed by atoms with E-state index in [9.17, 15) is 4.79 Å². The van der Waals surface area contributed by atoms with Gasteiger partial charge in [-0.25, -0.2) is 0 Å². The molecule has 4 heteroatoms. The molecular weight excluding hydrogens is 286 g/mol. The number of carbonyl (C=O) groups is 1. The molecule has 2 heterocycles. The first-order valence-corrected chi connectivity index (χ1v) is 7.52. The van der Waals surface area contributed by atoms with E-state index < -0.39 is 0 Å². The molecule has 0 aliphatic carbocycles. The molecule has 0 atom stereocenters. The van der Waals surface area contributed by atoms with Crippen molar-refractivity contribution in [1.29, 1.82) is 0 Å². The molecular formula is C19H17N3O. The monoisotopic (exact) mass is 303 g/mol. The first-order chi connectivity index (χ1) is 11.3. The predicted octanol–water partition coefficient (Wildman–Crippen LogP) is 3.12. The molecule has 0 spiro atoms. The fourth-order valence-corrected chi connectivity index (χ4v) is 2.27. The van der Waals surface area contributed by atoms with Crippen LogP contribution in [0.15, 0.2) is 73.1 Å². The molecule has 0 aliphatic heterocycles. The number of nitrogens with one attached hydrogen (secondary N) is 1. The quantitative estimate of drug-likeness (QED) is 0.788. The van der Waals surface area contributed by atoms with Gasteiger partial charge in [-0.15, -0.1) is 0 Å². The lowest BCUT2D eigenvalue weighted by atomic mass is 10.1. The largest absolute Gasteiger partial charge is 0.350 e. The minimum Gasteiger partial charge on any atom is -0.350 e. The van der Waals surface area contributed by atoms with Gasteiger partial charge in [-0.1, -0.05) is 42.5 Å². The topological polar surface area (TPSA) is 54.9 Å². The molecule has 3 rings (SSSR count). The number of amides is 1. The lowest BCUT2D eigenvalue weighted by Crippen LogP contribution is -2.26. The molecule has 0 fully saturated rings. The SMILES string of the molecule is O=C(NCCc1ccccn1)c1ccc(-c2ccccc2)cn1. The maximum atomic E-state index is 12.1. The highest BCUT2D eigenvalue weighted by atomic mass is 16.1. The summed E-state index contributed by atoms with van der Waals surface area (Å²) >= 11 is 0. The Bertz CT molecular complexity index is 756. The summed E-state index contributed by atoms with van der Waals surface area (Å²) in [6.07, 6.45) is 4.18. The molecule has 0 bridgehead atoms. The van der Waals surface area contributed by atoms with Crippen LogP contribution >= 0.6 is 0 Å². The van der Waals surface area contributed by atoms with E-state index in [1.165, 1.54) is 0 Å². The average Bonchev–Trinajstić information content (AvgIpc) is 2.63. The molecule has 23 heavy (non-hydrogen) atoms. The number of nitrogens with zero attached hydrogens (tertiary/aromatic N) is 2. The summed E-state index contributed by atoms with van der Waals surface area (Å²) < 4.78 is 0. The van der Waals surface area contributed by atoms with Gasteiger partial charge in [0.05, 0.1) is 0 Å². The highest BCUT2D eigenvalue weighted by Gasteiger charge is 2.07. The van der Waals surface area contributed by atoms with E-state index in [-0.39, 0.29) is 5.91 Å². The van der Waals surface area contributed by atoms with Gasteiger partial charge in [-0.2, -0.15) is 0 Å². The number of carbonyl (C=O) groups excluding carboxylic acids is 1. The van der Waals surface area contributed by atoms with Crippen LogP contribution in [0.5, 0.6) is 0 Å². The summed E-state index contributed by atoms with van der Waals surface area (Å²) in [5.41, 5.74) is 3.46. The molecule has 1 N–H and O–H groups in total. The van der Waals surface area contributed by atoms with Gasteiger partial charge in [0.2, 0.25) is 0 Å². The Morgan fingerprint density at radius 1 is 0.870 bits per heavy atom. The molecule has 0 radical (unpaired) electrons. The van der Waals surface area contributed by atoms with Crippen LogP contribution in [0.4, 0.5) is 0 Å². The van der Waals surface area contributed by atoms with Crippen molar-refractivity contribution < 1.29 is 4.79 Å². The van der Waals surface area contributed by atoms with Crippen molar-refractivity contribution in [2.24, 2.45) is 0 Å². The zero-order chi connectivity index (χ0) is 15.9. The van der Waals surface area contributed by atoms with E-state index >= 15 is 0 Å². The first-order valence-electron chi connectivity index (χ1n) is 7.52. The van der Waals surface area contributed by atoms with Crippen molar-refractivity contribution in [1.82, 2.24) is 15.3 Å². The van der Waals surface area contributed by atoms with Crippen LogP contribution in [0, 0.1) is 0 Å². The summed E-state index contributed by atoms with van der Waals surface area (Å²) in [5, 5.41) is 2.87. The van der Waals surface area contributed by atoms with Crippen molar-refractivity contribution >= 4 is 5.91 Å². The molecule has 0 aliphatic rings. The van der Waals surface area contributed by atoms with Crippen LogP contribution < -0.4 is 5.32 Å². The summed E-state index contributed by atoms with van der Waals surface area (Å²) in [4.78, 5) is 20.6. The average molecular weight is 303 g/mol. The van der Waals surface area contributed by atoms with Gasteiger partial charge in [0, 0.05) is 36.6 Å². The first kappa shape index (κ1) is 14.9. The van der Waals surface area contributed by atoms with E-state index in [4.69, 9.17) is 0 Å². The fourth-order valence-electron chi connectivity index (χ4n) is 2.27. The highest BCUT2D eigenvalue weighted by Crippen LogP contribution is 2.17. The lowest BCUT2D eigenvalue weighted by Gasteiger charge is -2.06. The van der Waals surface area contributed by atoms with Gasteiger partial charge in [0.1, 0.15) is 5.69 Å². The number of benzene rings is 1. The van der Waals surface area contributed by atoms with E-state index in [0.29, 0.717) is 18.7 Å². The zero-order valence-electron chi connectivity index (χ0n) is 12.6. The van der Waals surface area contributed by atoms with Crippen molar-refractivity contribution in [3.63, 3.8) is 0 Å². The smallest absolute Gasteiger partial charge is 0.269 e. The van der Waals surface area contributed by atoms with Crippen LogP contribution in [0.1, 0.15) is 16.2 Å². The Balaban J connectivity index is 1.58. The summed E-state index contributed by atoms with van der Waals surface area (Å²) in [6, 6.07) is 19.4.